The second-order valence-electron chi connectivity index (χ2n) is 4.22. The lowest BCUT2D eigenvalue weighted by atomic mass is 10.2. The van der Waals surface area contributed by atoms with Gasteiger partial charge in [-0.2, -0.15) is 0 Å². The Hall–Kier alpha value is -0.530. The summed E-state index contributed by atoms with van der Waals surface area (Å²) in [6, 6.07) is 0. The highest BCUT2D eigenvalue weighted by Gasteiger charge is 2.17. The van der Waals surface area contributed by atoms with E-state index in [4.69, 9.17) is 0 Å². The summed E-state index contributed by atoms with van der Waals surface area (Å²) in [5.41, 5.74) is 0. The molecule has 0 aromatic heterocycles. The summed E-state index contributed by atoms with van der Waals surface area (Å²) in [5.74, 6) is 1.56. The summed E-state index contributed by atoms with van der Waals surface area (Å²) in [4.78, 5) is 2.52. The average molecular weight is 227 g/mol. The minimum Gasteiger partial charge on any atom is -0.266 e. The fourth-order valence-electron chi connectivity index (χ4n) is 2.23. The van der Waals surface area contributed by atoms with Crippen molar-refractivity contribution in [1.29, 1.82) is 0 Å². The van der Waals surface area contributed by atoms with Gasteiger partial charge in [-0.1, -0.05) is 19.8 Å². The van der Waals surface area contributed by atoms with Crippen LogP contribution in [0.2, 0.25) is 0 Å². The number of hydrogen-bond donors (Lipinski definition) is 0. The Labute approximate surface area is 102 Å². The fraction of sp³-hybridized carbons (Fsp3) is 0.929. The highest BCUT2D eigenvalue weighted by molar-refractivity contribution is 5.77. The largest absolute Gasteiger partial charge is 0.266 e. The topological polar surface area (TPSA) is 6.25 Å². The summed E-state index contributed by atoms with van der Waals surface area (Å²) >= 11 is 0. The van der Waals surface area contributed by atoms with Crippen LogP contribution in [0.5, 0.6) is 0 Å². The summed E-state index contributed by atoms with van der Waals surface area (Å²) in [7, 11) is 0. The number of hydrogen-bond acceptors (Lipinski definition) is 0. The van der Waals surface area contributed by atoms with E-state index in [2.05, 4.69) is 44.1 Å². The summed E-state index contributed by atoms with van der Waals surface area (Å²) < 4.78 is 2.52. The molecule has 0 rings (SSSR count). The molecule has 0 aromatic rings. The first-order valence-corrected chi connectivity index (χ1v) is 7.10. The van der Waals surface area contributed by atoms with Gasteiger partial charge in [-0.25, -0.2) is 0 Å². The van der Waals surface area contributed by atoms with Crippen molar-refractivity contribution in [3.63, 3.8) is 0 Å². The van der Waals surface area contributed by atoms with E-state index in [0.717, 1.165) is 26.2 Å². The first-order valence-electron chi connectivity index (χ1n) is 7.10. The van der Waals surface area contributed by atoms with Crippen LogP contribution in [0.15, 0.2) is 0 Å². The van der Waals surface area contributed by atoms with Crippen molar-refractivity contribution in [3.05, 3.63) is 0 Å². The van der Waals surface area contributed by atoms with Gasteiger partial charge >= 0.3 is 0 Å². The van der Waals surface area contributed by atoms with Gasteiger partial charge in [-0.3, -0.25) is 9.48 Å². The van der Waals surface area contributed by atoms with Crippen molar-refractivity contribution >= 4 is 5.84 Å². The molecular formula is C14H31N2+. The molecule has 0 bridgehead atoms. The predicted octanol–water partition coefficient (Wildman–Crippen LogP) is 3.36. The monoisotopic (exact) mass is 227 g/mol. The highest BCUT2D eigenvalue weighted by atomic mass is 15.2. The molecule has 0 aromatic carbocycles. The van der Waals surface area contributed by atoms with Gasteiger partial charge < -0.3 is 0 Å². The van der Waals surface area contributed by atoms with Crippen molar-refractivity contribution in [2.45, 2.75) is 60.3 Å². The highest BCUT2D eigenvalue weighted by Crippen LogP contribution is 2.05. The molecule has 0 atom stereocenters. The van der Waals surface area contributed by atoms with Crippen molar-refractivity contribution in [3.8, 4) is 0 Å². The van der Waals surface area contributed by atoms with Crippen molar-refractivity contribution in [2.75, 3.05) is 26.2 Å². The van der Waals surface area contributed by atoms with Crippen LogP contribution in [0, 0.1) is 0 Å². The molecule has 0 saturated carbocycles. The maximum atomic E-state index is 2.52. The van der Waals surface area contributed by atoms with Crippen LogP contribution in [0.4, 0.5) is 0 Å². The van der Waals surface area contributed by atoms with E-state index in [1.165, 1.54) is 25.7 Å². The predicted molar refractivity (Wildman–Crippen MR) is 73.4 cm³/mol. The Morgan fingerprint density at radius 3 is 1.81 bits per heavy atom. The molecule has 16 heavy (non-hydrogen) atoms. The average Bonchev–Trinajstić information content (AvgIpc) is 2.31. The third-order valence-corrected chi connectivity index (χ3v) is 3.26. The van der Waals surface area contributed by atoms with Gasteiger partial charge in [0.05, 0.1) is 26.2 Å². The van der Waals surface area contributed by atoms with Gasteiger partial charge in [0.25, 0.3) is 0 Å². The molecule has 0 unspecified atom stereocenters. The van der Waals surface area contributed by atoms with Crippen LogP contribution in [-0.2, 0) is 0 Å². The zero-order valence-electron chi connectivity index (χ0n) is 12.1. The zero-order valence-corrected chi connectivity index (χ0v) is 12.1. The molecule has 2 heteroatoms. The number of rotatable bonds is 8. The molecule has 0 heterocycles. The van der Waals surface area contributed by atoms with Gasteiger partial charge in [-0.15, -0.1) is 0 Å². The number of unbranched alkanes of at least 4 members (excludes halogenated alkanes) is 2. The third kappa shape index (κ3) is 5.00. The van der Waals surface area contributed by atoms with E-state index in [1.54, 1.807) is 5.84 Å². The molecule has 0 amide bonds. The van der Waals surface area contributed by atoms with E-state index in [-0.39, 0.29) is 0 Å². The quantitative estimate of drug-likeness (QED) is 0.267. The van der Waals surface area contributed by atoms with Gasteiger partial charge in [0.1, 0.15) is 0 Å². The Balaban J connectivity index is 4.66. The summed E-state index contributed by atoms with van der Waals surface area (Å²) in [6.07, 6.45) is 5.24. The molecule has 0 N–H and O–H groups in total. The van der Waals surface area contributed by atoms with Gasteiger partial charge in [0, 0.05) is 6.42 Å². The van der Waals surface area contributed by atoms with Crippen LogP contribution in [-0.4, -0.2) is 41.5 Å². The summed E-state index contributed by atoms with van der Waals surface area (Å²) in [6.45, 7) is 15.8. The normalized spacial score (nSPS) is 10.3. The van der Waals surface area contributed by atoms with Gasteiger partial charge in [0.2, 0.25) is 5.84 Å². The maximum Gasteiger partial charge on any atom is 0.246 e. The second-order valence-corrected chi connectivity index (χ2v) is 4.22. The standard InChI is InChI=1S/C14H31N2/c1-6-11-12-13-14(15(7-2)8-3)16(9-4)10-5/h6-13H2,1-5H3/q+1. The van der Waals surface area contributed by atoms with Crippen LogP contribution >= 0.6 is 0 Å². The molecule has 0 aliphatic carbocycles. The molecule has 0 aliphatic heterocycles. The van der Waals surface area contributed by atoms with Crippen LogP contribution in [0.3, 0.4) is 0 Å². The van der Waals surface area contributed by atoms with E-state index in [0.29, 0.717) is 0 Å². The minimum absolute atomic E-state index is 1.13. The zero-order chi connectivity index (χ0) is 12.4. The third-order valence-electron chi connectivity index (χ3n) is 3.26. The van der Waals surface area contributed by atoms with E-state index in [1.807, 2.05) is 0 Å². The smallest absolute Gasteiger partial charge is 0.246 e. The molecule has 0 radical (unpaired) electrons. The summed E-state index contributed by atoms with van der Waals surface area (Å²) in [5, 5.41) is 0. The Morgan fingerprint density at radius 2 is 1.44 bits per heavy atom. The minimum atomic E-state index is 1.13. The van der Waals surface area contributed by atoms with E-state index < -0.39 is 0 Å². The van der Waals surface area contributed by atoms with Crippen molar-refractivity contribution in [1.82, 2.24) is 4.90 Å². The SMILES string of the molecule is CCCCCC(N(CC)CC)=[N+](CC)CC. The van der Waals surface area contributed by atoms with Crippen LogP contribution in [0.1, 0.15) is 60.3 Å². The number of nitrogens with zero attached hydrogens (tertiary/aromatic N) is 2. The van der Waals surface area contributed by atoms with Crippen LogP contribution < -0.4 is 0 Å². The molecule has 2 nitrogen and oxygen atoms in total. The first kappa shape index (κ1) is 15.5. The lowest BCUT2D eigenvalue weighted by molar-refractivity contribution is -0.526. The van der Waals surface area contributed by atoms with Crippen molar-refractivity contribution < 1.29 is 4.58 Å². The maximum absolute atomic E-state index is 2.52. The van der Waals surface area contributed by atoms with Gasteiger partial charge in [0.15, 0.2) is 0 Å². The fourth-order valence-corrected chi connectivity index (χ4v) is 2.23. The first-order chi connectivity index (χ1) is 7.74. The molecule has 0 saturated heterocycles. The number of amidine groups is 1. The van der Waals surface area contributed by atoms with Crippen molar-refractivity contribution in [2.24, 2.45) is 0 Å². The molecule has 96 valence electrons. The Morgan fingerprint density at radius 1 is 0.875 bits per heavy atom. The van der Waals surface area contributed by atoms with E-state index in [9.17, 15) is 0 Å². The molecule has 0 spiro atoms. The van der Waals surface area contributed by atoms with E-state index >= 15 is 0 Å². The molecular weight excluding hydrogens is 196 g/mol. The Kier molecular flexibility index (Phi) is 9.36. The lowest BCUT2D eigenvalue weighted by Gasteiger charge is -2.19. The second kappa shape index (κ2) is 9.68. The van der Waals surface area contributed by atoms with Gasteiger partial charge in [-0.05, 0) is 34.1 Å². The molecule has 0 fully saturated rings. The molecule has 0 aliphatic rings. The Bertz CT molecular complexity index is 187. The van der Waals surface area contributed by atoms with Crippen LogP contribution in [0.25, 0.3) is 0 Å². The lowest BCUT2D eigenvalue weighted by Crippen LogP contribution is -2.38.